The zero-order chi connectivity index (χ0) is 21.0. The van der Waals surface area contributed by atoms with E-state index in [-0.39, 0.29) is 29.0 Å². The Balaban J connectivity index is 1.70. The van der Waals surface area contributed by atoms with Gasteiger partial charge in [-0.05, 0) is 25.0 Å². The fourth-order valence-electron chi connectivity index (χ4n) is 3.91. The second-order valence-corrected chi connectivity index (χ2v) is 10.0. The lowest BCUT2D eigenvalue weighted by Crippen LogP contribution is -3.15. The summed E-state index contributed by atoms with van der Waals surface area (Å²) in [7, 11) is -3.72. The molecule has 1 aromatic rings. The molecule has 29 heavy (non-hydrogen) atoms. The summed E-state index contributed by atoms with van der Waals surface area (Å²) in [6, 6.07) is 3.86. The van der Waals surface area contributed by atoms with Crippen molar-refractivity contribution in [3.05, 3.63) is 28.3 Å². The van der Waals surface area contributed by atoms with Crippen LogP contribution in [-0.4, -0.2) is 69.7 Å². The van der Waals surface area contributed by atoms with Crippen LogP contribution >= 0.6 is 0 Å². The molecule has 2 aliphatic heterocycles. The number of quaternary nitrogens is 1. The fourth-order valence-corrected chi connectivity index (χ4v) is 5.44. The third kappa shape index (κ3) is 5.44. The highest BCUT2D eigenvalue weighted by atomic mass is 32.2. The summed E-state index contributed by atoms with van der Waals surface area (Å²) < 4.78 is 38.2. The number of ether oxygens (including phenoxy) is 2. The summed E-state index contributed by atoms with van der Waals surface area (Å²) in [5.74, 6) is 0.644. The van der Waals surface area contributed by atoms with Crippen LogP contribution in [0.1, 0.15) is 26.7 Å². The highest BCUT2D eigenvalue weighted by Gasteiger charge is 2.30. The highest BCUT2D eigenvalue weighted by Crippen LogP contribution is 2.32. The van der Waals surface area contributed by atoms with Gasteiger partial charge >= 0.3 is 5.69 Å². The summed E-state index contributed by atoms with van der Waals surface area (Å²) in [5, 5.41) is 11.5. The maximum Gasteiger partial charge on any atom is 0.312 e. The number of morpholine rings is 1. The molecule has 0 amide bonds. The van der Waals surface area contributed by atoms with Crippen molar-refractivity contribution in [2.24, 2.45) is 5.92 Å². The number of rotatable bonds is 8. The summed E-state index contributed by atoms with van der Waals surface area (Å²) in [5.41, 5.74) is -0.340. The van der Waals surface area contributed by atoms with Crippen LogP contribution in [0.4, 0.5) is 5.69 Å². The molecule has 1 aromatic carbocycles. The average Bonchev–Trinajstić information content (AvgIpc) is 3.21. The minimum Gasteiger partial charge on any atom is -0.484 e. The van der Waals surface area contributed by atoms with E-state index >= 15 is 0 Å². The van der Waals surface area contributed by atoms with Crippen molar-refractivity contribution in [2.75, 3.05) is 45.9 Å². The second-order valence-electron chi connectivity index (χ2n) is 8.10. The molecule has 0 bridgehead atoms. The zero-order valence-electron chi connectivity index (χ0n) is 17.0. The van der Waals surface area contributed by atoms with Crippen LogP contribution in [0.5, 0.6) is 5.75 Å². The van der Waals surface area contributed by atoms with Gasteiger partial charge in [0.15, 0.2) is 5.75 Å². The number of hydrogen-bond acceptors (Lipinski definition) is 6. The van der Waals surface area contributed by atoms with Crippen molar-refractivity contribution in [1.82, 2.24) is 4.31 Å². The van der Waals surface area contributed by atoms with Gasteiger partial charge in [-0.1, -0.05) is 13.8 Å². The molecule has 2 saturated heterocycles. The maximum absolute atomic E-state index is 12.7. The monoisotopic (exact) mass is 428 g/mol. The standard InChI is InChI=1S/C19H29N3O6S/c1-15(2)12-20-9-10-27-16(13-20)14-28-19-6-5-17(11-18(19)22(23)24)29(25,26)21-7-3-4-8-21/h5-6,11,15-16H,3-4,7-10,12-14H2,1-2H3/p+1/t16-/m0/s1. The lowest BCUT2D eigenvalue weighted by atomic mass is 10.2. The molecule has 0 spiro atoms. The fraction of sp³-hybridized carbons (Fsp3) is 0.684. The number of nitrogens with zero attached hydrogens (tertiary/aromatic N) is 2. The van der Waals surface area contributed by atoms with E-state index < -0.39 is 14.9 Å². The molecule has 0 aromatic heterocycles. The predicted octanol–water partition coefficient (Wildman–Crippen LogP) is 0.698. The molecule has 1 N–H and O–H groups in total. The quantitative estimate of drug-likeness (QED) is 0.483. The van der Waals surface area contributed by atoms with Gasteiger partial charge in [0, 0.05) is 25.1 Å². The van der Waals surface area contributed by atoms with Gasteiger partial charge in [-0.2, -0.15) is 4.31 Å². The van der Waals surface area contributed by atoms with Gasteiger partial charge in [0.05, 0.1) is 23.0 Å². The van der Waals surface area contributed by atoms with E-state index in [0.29, 0.717) is 25.6 Å². The first-order valence-electron chi connectivity index (χ1n) is 10.1. The minimum absolute atomic E-state index is 0.0648. The number of benzene rings is 1. The summed E-state index contributed by atoms with van der Waals surface area (Å²) >= 11 is 0. The molecule has 0 aliphatic carbocycles. The van der Waals surface area contributed by atoms with E-state index in [1.165, 1.54) is 21.3 Å². The van der Waals surface area contributed by atoms with Crippen molar-refractivity contribution in [3.8, 4) is 5.75 Å². The molecule has 2 fully saturated rings. The normalized spacial score (nSPS) is 23.4. The second kappa shape index (κ2) is 9.38. The van der Waals surface area contributed by atoms with Crippen LogP contribution in [0.15, 0.2) is 23.1 Å². The van der Waals surface area contributed by atoms with Crippen LogP contribution in [-0.2, 0) is 14.8 Å². The van der Waals surface area contributed by atoms with Crippen LogP contribution < -0.4 is 9.64 Å². The first kappa shape index (κ1) is 21.9. The van der Waals surface area contributed by atoms with Gasteiger partial charge in [0.2, 0.25) is 10.0 Å². The molecule has 2 heterocycles. The average molecular weight is 429 g/mol. The lowest BCUT2D eigenvalue weighted by Gasteiger charge is -2.31. The maximum atomic E-state index is 12.7. The van der Waals surface area contributed by atoms with Gasteiger partial charge < -0.3 is 14.4 Å². The van der Waals surface area contributed by atoms with Crippen molar-refractivity contribution >= 4 is 15.7 Å². The summed E-state index contributed by atoms with van der Waals surface area (Å²) in [6.45, 7) is 8.84. The van der Waals surface area contributed by atoms with Crippen LogP contribution in [0.25, 0.3) is 0 Å². The first-order chi connectivity index (χ1) is 13.8. The predicted molar refractivity (Wildman–Crippen MR) is 107 cm³/mol. The van der Waals surface area contributed by atoms with Crippen LogP contribution in [0.2, 0.25) is 0 Å². The molecular formula is C19H30N3O6S+. The molecule has 162 valence electrons. The van der Waals surface area contributed by atoms with E-state index in [0.717, 1.165) is 38.5 Å². The largest absolute Gasteiger partial charge is 0.484 e. The molecule has 2 aliphatic rings. The lowest BCUT2D eigenvalue weighted by molar-refractivity contribution is -0.914. The third-order valence-corrected chi connectivity index (χ3v) is 7.17. The Kier molecular flexibility index (Phi) is 7.10. The Morgan fingerprint density at radius 2 is 2.07 bits per heavy atom. The van der Waals surface area contributed by atoms with Crippen molar-refractivity contribution < 1.29 is 27.7 Å². The number of hydrogen-bond donors (Lipinski definition) is 1. The smallest absolute Gasteiger partial charge is 0.312 e. The third-order valence-electron chi connectivity index (χ3n) is 5.28. The van der Waals surface area contributed by atoms with Crippen molar-refractivity contribution in [2.45, 2.75) is 37.7 Å². The van der Waals surface area contributed by atoms with E-state index in [2.05, 4.69) is 13.8 Å². The number of sulfonamides is 1. The Labute approximate surface area is 171 Å². The molecule has 2 atom stereocenters. The Morgan fingerprint density at radius 1 is 1.34 bits per heavy atom. The van der Waals surface area contributed by atoms with E-state index in [1.807, 2.05) is 0 Å². The molecule has 9 nitrogen and oxygen atoms in total. The van der Waals surface area contributed by atoms with Gasteiger partial charge in [-0.15, -0.1) is 0 Å². The Bertz CT molecular complexity index is 823. The van der Waals surface area contributed by atoms with Crippen molar-refractivity contribution in [1.29, 1.82) is 0 Å². The summed E-state index contributed by atoms with van der Waals surface area (Å²) in [4.78, 5) is 12.3. The molecule has 10 heteroatoms. The zero-order valence-corrected chi connectivity index (χ0v) is 17.8. The molecule has 3 rings (SSSR count). The van der Waals surface area contributed by atoms with Gasteiger partial charge in [0.25, 0.3) is 0 Å². The summed E-state index contributed by atoms with van der Waals surface area (Å²) in [6.07, 6.45) is 1.46. The number of nitro groups is 1. The van der Waals surface area contributed by atoms with Crippen LogP contribution in [0.3, 0.4) is 0 Å². The minimum atomic E-state index is -3.72. The van der Waals surface area contributed by atoms with Crippen molar-refractivity contribution in [3.63, 3.8) is 0 Å². The van der Waals surface area contributed by atoms with E-state index in [1.54, 1.807) is 0 Å². The molecule has 0 saturated carbocycles. The van der Waals surface area contributed by atoms with E-state index in [4.69, 9.17) is 9.47 Å². The number of nitrogens with one attached hydrogen (secondary N) is 1. The molecule has 1 unspecified atom stereocenters. The van der Waals surface area contributed by atoms with Gasteiger partial charge in [-0.3, -0.25) is 10.1 Å². The van der Waals surface area contributed by atoms with Gasteiger partial charge in [0.1, 0.15) is 25.8 Å². The van der Waals surface area contributed by atoms with E-state index in [9.17, 15) is 18.5 Å². The highest BCUT2D eigenvalue weighted by molar-refractivity contribution is 7.89. The first-order valence-corrected chi connectivity index (χ1v) is 11.6. The Hall–Kier alpha value is -1.75. The van der Waals surface area contributed by atoms with Gasteiger partial charge in [-0.25, -0.2) is 8.42 Å². The number of nitro benzene ring substituents is 1. The molecular weight excluding hydrogens is 398 g/mol. The SMILES string of the molecule is CC(C)C[NH+]1CCO[C@H](COc2ccc(S(=O)(=O)N3CCCC3)cc2[N+](=O)[O-])C1. The molecule has 0 radical (unpaired) electrons. The topological polar surface area (TPSA) is 103 Å². The van der Waals surface area contributed by atoms with Crippen LogP contribution in [0, 0.1) is 16.0 Å². The Morgan fingerprint density at radius 3 is 2.72 bits per heavy atom.